The van der Waals surface area contributed by atoms with E-state index in [0.29, 0.717) is 0 Å². The molecule has 72 valence electrons. The standard InChI is InChI=1S/C8H8N4O2/c1-11-4-2-3-7(11)12-5-6(8(13)14)9-10-12/h2-5H,1H3,(H,13,14). The highest BCUT2D eigenvalue weighted by atomic mass is 16.4. The number of nitrogens with zero attached hydrogens (tertiary/aromatic N) is 4. The second kappa shape index (κ2) is 2.99. The molecule has 0 aliphatic carbocycles. The average Bonchev–Trinajstić information content (AvgIpc) is 2.71. The number of hydrogen-bond donors (Lipinski definition) is 1. The Morgan fingerprint density at radius 3 is 2.86 bits per heavy atom. The molecule has 6 nitrogen and oxygen atoms in total. The van der Waals surface area contributed by atoms with Crippen LogP contribution in [0.2, 0.25) is 0 Å². The smallest absolute Gasteiger partial charge is 0.358 e. The minimum absolute atomic E-state index is 0.0637. The number of aromatic nitrogens is 4. The maximum Gasteiger partial charge on any atom is 0.358 e. The molecule has 0 unspecified atom stereocenters. The monoisotopic (exact) mass is 192 g/mol. The molecule has 0 saturated heterocycles. The quantitative estimate of drug-likeness (QED) is 0.742. The van der Waals surface area contributed by atoms with Crippen LogP contribution < -0.4 is 0 Å². The average molecular weight is 192 g/mol. The van der Waals surface area contributed by atoms with E-state index in [4.69, 9.17) is 5.11 Å². The van der Waals surface area contributed by atoms with Gasteiger partial charge in [-0.05, 0) is 12.1 Å². The zero-order chi connectivity index (χ0) is 10.1. The molecule has 0 amide bonds. The van der Waals surface area contributed by atoms with Crippen molar-refractivity contribution in [1.29, 1.82) is 0 Å². The first-order chi connectivity index (χ1) is 6.68. The Kier molecular flexibility index (Phi) is 1.81. The summed E-state index contributed by atoms with van der Waals surface area (Å²) in [6.07, 6.45) is 3.22. The summed E-state index contributed by atoms with van der Waals surface area (Å²) >= 11 is 0. The van der Waals surface area contributed by atoms with Crippen molar-refractivity contribution < 1.29 is 9.90 Å². The lowest BCUT2D eigenvalue weighted by molar-refractivity contribution is 0.0690. The van der Waals surface area contributed by atoms with Crippen molar-refractivity contribution in [1.82, 2.24) is 19.6 Å². The van der Waals surface area contributed by atoms with Gasteiger partial charge < -0.3 is 9.67 Å². The summed E-state index contributed by atoms with van der Waals surface area (Å²) in [6.45, 7) is 0. The van der Waals surface area contributed by atoms with Gasteiger partial charge in [0.2, 0.25) is 0 Å². The van der Waals surface area contributed by atoms with Crippen molar-refractivity contribution in [3.63, 3.8) is 0 Å². The Labute approximate surface area is 79.4 Å². The van der Waals surface area contributed by atoms with E-state index in [0.717, 1.165) is 5.82 Å². The van der Waals surface area contributed by atoms with Crippen molar-refractivity contribution in [3.8, 4) is 5.82 Å². The van der Waals surface area contributed by atoms with Crippen LogP contribution in [0.3, 0.4) is 0 Å². The molecule has 0 atom stereocenters. The first-order valence-electron chi connectivity index (χ1n) is 3.96. The lowest BCUT2D eigenvalue weighted by Crippen LogP contribution is -2.01. The molecular weight excluding hydrogens is 184 g/mol. The summed E-state index contributed by atoms with van der Waals surface area (Å²) in [6, 6.07) is 3.66. The Morgan fingerprint density at radius 2 is 2.36 bits per heavy atom. The van der Waals surface area contributed by atoms with Crippen LogP contribution >= 0.6 is 0 Å². The summed E-state index contributed by atoms with van der Waals surface area (Å²) in [5.74, 6) is -0.310. The van der Waals surface area contributed by atoms with Gasteiger partial charge in [-0.1, -0.05) is 5.21 Å². The molecule has 2 aromatic rings. The number of aryl methyl sites for hydroxylation is 1. The van der Waals surface area contributed by atoms with Gasteiger partial charge in [-0.2, -0.15) is 0 Å². The number of rotatable bonds is 2. The summed E-state index contributed by atoms with van der Waals surface area (Å²) in [4.78, 5) is 10.5. The normalized spacial score (nSPS) is 10.4. The first kappa shape index (κ1) is 8.49. The lowest BCUT2D eigenvalue weighted by atomic mass is 10.5. The summed E-state index contributed by atoms with van der Waals surface area (Å²) in [5.41, 5.74) is -0.0637. The molecule has 0 aliphatic rings. The van der Waals surface area contributed by atoms with Crippen LogP contribution in [0.15, 0.2) is 24.5 Å². The third-order valence-electron chi connectivity index (χ3n) is 1.86. The van der Waals surface area contributed by atoms with Crippen molar-refractivity contribution in [3.05, 3.63) is 30.2 Å². The summed E-state index contributed by atoms with van der Waals surface area (Å²) in [7, 11) is 1.84. The third kappa shape index (κ3) is 1.26. The van der Waals surface area contributed by atoms with E-state index in [1.54, 1.807) is 0 Å². The van der Waals surface area contributed by atoms with Gasteiger partial charge in [0, 0.05) is 13.2 Å². The Hall–Kier alpha value is -2.11. The minimum atomic E-state index is -1.08. The molecule has 1 N–H and O–H groups in total. The van der Waals surface area contributed by atoms with Crippen LogP contribution in [-0.2, 0) is 7.05 Å². The Balaban J connectivity index is 2.43. The van der Waals surface area contributed by atoms with E-state index < -0.39 is 5.97 Å². The van der Waals surface area contributed by atoms with Crippen molar-refractivity contribution in [2.45, 2.75) is 0 Å². The first-order valence-corrected chi connectivity index (χ1v) is 3.96. The summed E-state index contributed by atoms with van der Waals surface area (Å²) in [5, 5.41) is 15.9. The van der Waals surface area contributed by atoms with Gasteiger partial charge >= 0.3 is 5.97 Å². The highest BCUT2D eigenvalue weighted by Gasteiger charge is 2.09. The van der Waals surface area contributed by atoms with Gasteiger partial charge in [0.25, 0.3) is 0 Å². The highest BCUT2D eigenvalue weighted by molar-refractivity contribution is 5.84. The van der Waals surface area contributed by atoms with Crippen LogP contribution in [0.25, 0.3) is 5.82 Å². The number of carboxylic acids is 1. The lowest BCUT2D eigenvalue weighted by Gasteiger charge is -1.99. The number of hydrogen-bond acceptors (Lipinski definition) is 3. The van der Waals surface area contributed by atoms with E-state index >= 15 is 0 Å². The topological polar surface area (TPSA) is 72.9 Å². The minimum Gasteiger partial charge on any atom is -0.476 e. The zero-order valence-corrected chi connectivity index (χ0v) is 7.45. The molecule has 14 heavy (non-hydrogen) atoms. The maximum atomic E-state index is 10.5. The van der Waals surface area contributed by atoms with E-state index in [2.05, 4.69) is 10.3 Å². The summed E-state index contributed by atoms with van der Waals surface area (Å²) < 4.78 is 3.24. The van der Waals surface area contributed by atoms with E-state index in [1.165, 1.54) is 10.9 Å². The van der Waals surface area contributed by atoms with Gasteiger partial charge in [-0.3, -0.25) is 0 Å². The van der Waals surface area contributed by atoms with Gasteiger partial charge in [0.15, 0.2) is 5.69 Å². The fraction of sp³-hybridized carbons (Fsp3) is 0.125. The number of aromatic carboxylic acids is 1. The second-order valence-corrected chi connectivity index (χ2v) is 2.83. The van der Waals surface area contributed by atoms with Gasteiger partial charge in [-0.15, -0.1) is 5.10 Å². The molecule has 0 bridgehead atoms. The van der Waals surface area contributed by atoms with Crippen LogP contribution in [0, 0.1) is 0 Å². The van der Waals surface area contributed by atoms with Gasteiger partial charge in [-0.25, -0.2) is 9.48 Å². The molecule has 2 aromatic heterocycles. The van der Waals surface area contributed by atoms with Crippen LogP contribution in [0.5, 0.6) is 0 Å². The molecule has 0 fully saturated rings. The Bertz CT molecular complexity index is 471. The predicted molar refractivity (Wildman–Crippen MR) is 47.3 cm³/mol. The van der Waals surface area contributed by atoms with Crippen molar-refractivity contribution >= 4 is 5.97 Å². The molecule has 2 heterocycles. The highest BCUT2D eigenvalue weighted by Crippen LogP contribution is 2.06. The molecule has 0 spiro atoms. The molecule has 0 aromatic carbocycles. The maximum absolute atomic E-state index is 10.5. The molecule has 0 saturated carbocycles. The van der Waals surface area contributed by atoms with E-state index in [-0.39, 0.29) is 5.69 Å². The molecule has 2 rings (SSSR count). The van der Waals surface area contributed by atoms with E-state index in [1.807, 2.05) is 29.9 Å². The van der Waals surface area contributed by atoms with Crippen LogP contribution in [0.1, 0.15) is 10.5 Å². The van der Waals surface area contributed by atoms with E-state index in [9.17, 15) is 4.79 Å². The fourth-order valence-electron chi connectivity index (χ4n) is 1.16. The van der Waals surface area contributed by atoms with Crippen LogP contribution in [0.4, 0.5) is 0 Å². The zero-order valence-electron chi connectivity index (χ0n) is 7.45. The number of carbonyl (C=O) groups is 1. The third-order valence-corrected chi connectivity index (χ3v) is 1.86. The SMILES string of the molecule is Cn1cccc1-n1cc(C(=O)O)nn1. The van der Waals surface area contributed by atoms with Gasteiger partial charge in [0.1, 0.15) is 5.82 Å². The molecular formula is C8H8N4O2. The fourth-order valence-corrected chi connectivity index (χ4v) is 1.16. The Morgan fingerprint density at radius 1 is 1.57 bits per heavy atom. The van der Waals surface area contributed by atoms with Crippen LogP contribution in [-0.4, -0.2) is 30.6 Å². The number of carboxylic acid groups (broad SMARTS) is 1. The predicted octanol–water partition coefficient (Wildman–Crippen LogP) is 0.304. The molecule has 6 heteroatoms. The largest absolute Gasteiger partial charge is 0.476 e. The molecule has 0 radical (unpaired) electrons. The molecule has 0 aliphatic heterocycles. The second-order valence-electron chi connectivity index (χ2n) is 2.83. The van der Waals surface area contributed by atoms with Crippen molar-refractivity contribution in [2.75, 3.05) is 0 Å². The van der Waals surface area contributed by atoms with Crippen molar-refractivity contribution in [2.24, 2.45) is 7.05 Å². The van der Waals surface area contributed by atoms with Gasteiger partial charge in [0.05, 0.1) is 6.20 Å².